The minimum absolute atomic E-state index is 0.0151. The van der Waals surface area contributed by atoms with Gasteiger partial charge in [0, 0.05) is 57.1 Å². The first-order valence-electron chi connectivity index (χ1n) is 17.7. The van der Waals surface area contributed by atoms with Gasteiger partial charge in [0.1, 0.15) is 29.0 Å². The molecule has 286 valence electrons. The fourth-order valence-corrected chi connectivity index (χ4v) is 7.37. The maximum absolute atomic E-state index is 13.8. The maximum Gasteiger partial charge on any atom is 0.407 e. The topological polar surface area (TPSA) is 170 Å². The van der Waals surface area contributed by atoms with E-state index in [1.165, 1.54) is 24.0 Å². The Morgan fingerprint density at radius 1 is 1.17 bits per heavy atom. The van der Waals surface area contributed by atoms with Crippen molar-refractivity contribution in [2.45, 2.75) is 88.9 Å². The number of methoxy groups -OCH3 is 2. The third-order valence-electron chi connectivity index (χ3n) is 10.6. The van der Waals surface area contributed by atoms with E-state index in [-0.39, 0.29) is 36.6 Å². The van der Waals surface area contributed by atoms with Gasteiger partial charge in [0.15, 0.2) is 0 Å². The third kappa shape index (κ3) is 8.97. The van der Waals surface area contributed by atoms with E-state index in [0.717, 1.165) is 11.1 Å². The van der Waals surface area contributed by atoms with Crippen molar-refractivity contribution in [1.29, 1.82) is 0 Å². The molecule has 0 aromatic heterocycles. The Bertz CT molecular complexity index is 1770. The number of hydrogen-bond donors (Lipinski definition) is 3. The molecule has 5 rings (SSSR count). The Morgan fingerprint density at radius 3 is 2.57 bits per heavy atom. The molecule has 4 N–H and O–H groups in total. The van der Waals surface area contributed by atoms with Crippen LogP contribution in [0.15, 0.2) is 60.2 Å². The number of nitrogen functional groups attached to an aromatic ring is 1. The second-order valence-electron chi connectivity index (χ2n) is 14.2. The van der Waals surface area contributed by atoms with E-state index in [1.54, 1.807) is 45.3 Å². The van der Waals surface area contributed by atoms with Crippen LogP contribution >= 0.6 is 11.6 Å². The zero-order valence-corrected chi connectivity index (χ0v) is 31.7. The number of aliphatic hydroxyl groups is 1. The first-order chi connectivity index (χ1) is 25.2. The van der Waals surface area contributed by atoms with Gasteiger partial charge in [-0.05, 0) is 75.1 Å². The van der Waals surface area contributed by atoms with Crippen molar-refractivity contribution < 1.29 is 43.2 Å². The lowest BCUT2D eigenvalue weighted by atomic mass is 9.86. The molecule has 53 heavy (non-hydrogen) atoms. The second kappa shape index (κ2) is 16.6. The molecule has 1 unspecified atom stereocenters. The summed E-state index contributed by atoms with van der Waals surface area (Å²) in [6, 6.07) is 8.65. The summed E-state index contributed by atoms with van der Waals surface area (Å²) < 4.78 is 22.9. The monoisotopic (exact) mass is 752 g/mol. The first kappa shape index (κ1) is 39.6. The van der Waals surface area contributed by atoms with Crippen LogP contribution in [0.25, 0.3) is 0 Å². The molecule has 1 saturated carbocycles. The van der Waals surface area contributed by atoms with Crippen LogP contribution < -0.4 is 20.7 Å². The number of carbonyl (C=O) groups is 4. The molecule has 2 heterocycles. The molecule has 4 bridgehead atoms. The van der Waals surface area contributed by atoms with Crippen LogP contribution in [0.3, 0.4) is 0 Å². The molecular formula is C39H49ClN4O9. The molecule has 3 amide bonds. The van der Waals surface area contributed by atoms with E-state index in [9.17, 15) is 24.3 Å². The van der Waals surface area contributed by atoms with E-state index in [0.29, 0.717) is 35.5 Å². The number of fused-ring (bicyclic) bond motifs is 4. The van der Waals surface area contributed by atoms with Gasteiger partial charge >= 0.3 is 12.1 Å². The minimum Gasteiger partial charge on any atom is -0.495 e. The SMILES string of the molecule is COc1cc2cc(c1Cl)N(C)C(=O)CC[C@@]1(C[C@H]1OC(=O)[C@H](C)N(C)C(=O)c1ccc(N)cc1)[C@@H](O)C[C@@H]1CC(NC(=O)O1)[C@H](OC)/C=C/C=C(\C)C2. The number of aliphatic hydroxyl groups excluding tert-OH is 1. The number of esters is 1. The molecular weight excluding hydrogens is 704 g/mol. The lowest BCUT2D eigenvalue weighted by molar-refractivity contribution is -0.152. The molecule has 1 spiro atoms. The Balaban J connectivity index is 1.42. The number of allylic oxidation sites excluding steroid dienone is 3. The predicted molar refractivity (Wildman–Crippen MR) is 200 cm³/mol. The Kier molecular flexibility index (Phi) is 12.4. The van der Waals surface area contributed by atoms with Crippen LogP contribution in [0.4, 0.5) is 16.2 Å². The molecule has 0 radical (unpaired) electrons. The summed E-state index contributed by atoms with van der Waals surface area (Å²) in [4.78, 5) is 55.9. The van der Waals surface area contributed by atoms with E-state index in [4.69, 9.17) is 36.3 Å². The second-order valence-corrected chi connectivity index (χ2v) is 14.6. The lowest BCUT2D eigenvalue weighted by Crippen LogP contribution is -2.52. The number of carbonyl (C=O) groups excluding carboxylic acids is 4. The number of halogens is 1. The number of nitrogens with zero attached hydrogens (tertiary/aromatic N) is 2. The van der Waals surface area contributed by atoms with Gasteiger partial charge in [-0.2, -0.15) is 0 Å². The normalized spacial score (nSPS) is 28.5. The molecule has 7 atom stereocenters. The van der Waals surface area contributed by atoms with Gasteiger partial charge < -0.3 is 44.9 Å². The molecule has 3 aliphatic rings. The number of rotatable bonds is 6. The van der Waals surface area contributed by atoms with Crippen LogP contribution in [0.2, 0.25) is 5.02 Å². The summed E-state index contributed by atoms with van der Waals surface area (Å²) in [5.74, 6) is -0.906. The largest absolute Gasteiger partial charge is 0.495 e. The summed E-state index contributed by atoms with van der Waals surface area (Å²) in [6.45, 7) is 3.54. The predicted octanol–water partition coefficient (Wildman–Crippen LogP) is 4.83. The molecule has 13 nitrogen and oxygen atoms in total. The highest BCUT2D eigenvalue weighted by Crippen LogP contribution is 2.56. The van der Waals surface area contributed by atoms with Gasteiger partial charge in [-0.15, -0.1) is 0 Å². The average Bonchev–Trinajstić information content (AvgIpc) is 3.84. The molecule has 2 fully saturated rings. The summed E-state index contributed by atoms with van der Waals surface area (Å²) in [5, 5.41) is 15.0. The van der Waals surface area contributed by atoms with E-state index in [2.05, 4.69) is 5.32 Å². The number of anilines is 2. The van der Waals surface area contributed by atoms with Crippen molar-refractivity contribution in [3.05, 3.63) is 76.3 Å². The van der Waals surface area contributed by atoms with Crippen molar-refractivity contribution in [2.75, 3.05) is 38.9 Å². The molecule has 1 saturated heterocycles. The number of nitrogens with one attached hydrogen (secondary N) is 1. The highest BCUT2D eigenvalue weighted by Gasteiger charge is 2.62. The quantitative estimate of drug-likeness (QED) is 0.275. The molecule has 2 aromatic carbocycles. The van der Waals surface area contributed by atoms with E-state index >= 15 is 0 Å². The Labute approximate surface area is 315 Å². The minimum atomic E-state index is -1.12. The van der Waals surface area contributed by atoms with Crippen molar-refractivity contribution in [3.8, 4) is 5.75 Å². The van der Waals surface area contributed by atoms with Crippen molar-refractivity contribution in [3.63, 3.8) is 0 Å². The van der Waals surface area contributed by atoms with E-state index < -0.39 is 59.9 Å². The van der Waals surface area contributed by atoms with Gasteiger partial charge in [0.05, 0.1) is 31.0 Å². The zero-order valence-electron chi connectivity index (χ0n) is 31.0. The van der Waals surface area contributed by atoms with Gasteiger partial charge in [-0.1, -0.05) is 35.4 Å². The third-order valence-corrected chi connectivity index (χ3v) is 11.0. The van der Waals surface area contributed by atoms with Gasteiger partial charge in [-0.3, -0.25) is 9.59 Å². The average molecular weight is 753 g/mol. The first-order valence-corrected chi connectivity index (χ1v) is 18.0. The Hall–Kier alpha value is -4.59. The summed E-state index contributed by atoms with van der Waals surface area (Å²) in [6.07, 6.45) is 3.32. The fraction of sp³-hybridized carbons (Fsp3) is 0.487. The van der Waals surface area contributed by atoms with Crippen LogP contribution in [0.5, 0.6) is 5.75 Å². The van der Waals surface area contributed by atoms with E-state index in [1.807, 2.05) is 37.3 Å². The number of amides is 3. The van der Waals surface area contributed by atoms with Gasteiger partial charge in [-0.25, -0.2) is 9.59 Å². The highest BCUT2D eigenvalue weighted by molar-refractivity contribution is 6.35. The zero-order chi connectivity index (χ0) is 38.6. The number of alkyl carbamates (subject to hydrolysis) is 1. The molecule has 2 aromatic rings. The van der Waals surface area contributed by atoms with Crippen LogP contribution in [-0.4, -0.2) is 98.7 Å². The Morgan fingerprint density at radius 2 is 1.89 bits per heavy atom. The highest BCUT2D eigenvalue weighted by atomic mass is 35.5. The summed E-state index contributed by atoms with van der Waals surface area (Å²) >= 11 is 6.72. The van der Waals surface area contributed by atoms with Crippen LogP contribution in [0, 0.1) is 5.41 Å². The number of ether oxygens (including phenoxy) is 4. The van der Waals surface area contributed by atoms with Crippen molar-refractivity contribution in [2.24, 2.45) is 5.41 Å². The number of hydrogen-bond acceptors (Lipinski definition) is 10. The molecule has 14 heteroatoms. The number of likely N-dealkylation sites (N-methyl/N-ethyl adjacent to an activating group) is 1. The number of nitrogens with two attached hydrogens (primary N) is 1. The van der Waals surface area contributed by atoms with Crippen molar-refractivity contribution >= 4 is 46.9 Å². The molecule has 2 aliphatic heterocycles. The summed E-state index contributed by atoms with van der Waals surface area (Å²) in [7, 11) is 6.20. The molecule has 1 aliphatic carbocycles. The van der Waals surface area contributed by atoms with Crippen LogP contribution in [-0.2, 0) is 30.2 Å². The standard InChI is InChI=1S/C39H49ClN4O9/c1-22-8-7-9-30(50-5)28-19-27(52-38(49)42-28)20-32(45)39(15-14-34(46)44(4)29-17-24(16-22)18-31(51-6)35(29)40)21-33(39)53-37(48)23(2)43(3)36(47)25-10-12-26(41)13-11-25/h7-13,17-18,23,27-28,30,32-33,45H,14-16,19-21,41H2,1-6H3,(H,42,49)/b9-7+,22-8+/t23-,27-,28?,30+,32-,33+,39+/m0/s1. The van der Waals surface area contributed by atoms with Crippen LogP contribution in [0.1, 0.15) is 61.9 Å². The fourth-order valence-electron chi connectivity index (χ4n) is 7.06. The number of benzene rings is 2. The lowest BCUT2D eigenvalue weighted by Gasteiger charge is -2.35. The smallest absolute Gasteiger partial charge is 0.407 e. The van der Waals surface area contributed by atoms with Crippen molar-refractivity contribution in [1.82, 2.24) is 10.2 Å². The summed E-state index contributed by atoms with van der Waals surface area (Å²) in [5.41, 5.74) is 7.96. The van der Waals surface area contributed by atoms with Gasteiger partial charge in [0.25, 0.3) is 5.91 Å². The maximum atomic E-state index is 13.8. The van der Waals surface area contributed by atoms with Gasteiger partial charge in [0.2, 0.25) is 5.91 Å².